The molecule has 22 heavy (non-hydrogen) atoms. The zero-order valence-electron chi connectivity index (χ0n) is 11.5. The first-order chi connectivity index (χ1) is 10.6. The van der Waals surface area contributed by atoms with E-state index in [0.29, 0.717) is 29.1 Å². The minimum Gasteiger partial charge on any atom is -0.369 e. The van der Waals surface area contributed by atoms with E-state index in [4.69, 9.17) is 4.74 Å². The molecule has 2 heterocycles. The van der Waals surface area contributed by atoms with E-state index in [2.05, 4.69) is 31.2 Å². The minimum absolute atomic E-state index is 0.0122. The molecule has 1 saturated heterocycles. The molecule has 0 amide bonds. The lowest BCUT2D eigenvalue weighted by Gasteiger charge is -2.23. The van der Waals surface area contributed by atoms with Crippen LogP contribution in [-0.4, -0.2) is 34.6 Å². The Hall–Kier alpha value is -1.90. The molecule has 1 aromatic carbocycles. The highest BCUT2D eigenvalue weighted by Crippen LogP contribution is 2.26. The van der Waals surface area contributed by atoms with E-state index in [9.17, 15) is 10.1 Å². The molecule has 114 valence electrons. The van der Waals surface area contributed by atoms with Gasteiger partial charge < -0.3 is 10.1 Å². The first-order valence-corrected chi connectivity index (χ1v) is 7.54. The van der Waals surface area contributed by atoms with E-state index >= 15 is 0 Å². The quantitative estimate of drug-likeness (QED) is 0.511. The van der Waals surface area contributed by atoms with Crippen LogP contribution in [0.25, 0.3) is 11.4 Å². The van der Waals surface area contributed by atoms with Crippen molar-refractivity contribution >= 4 is 21.6 Å². The lowest BCUT2D eigenvalue weighted by Crippen LogP contribution is -2.33. The Bertz CT molecular complexity index is 704. The number of aromatic nitrogens is 2. The highest BCUT2D eigenvalue weighted by atomic mass is 79.9. The summed E-state index contributed by atoms with van der Waals surface area (Å²) in [6, 6.07) is 8.08. The molecule has 2 aromatic rings. The summed E-state index contributed by atoms with van der Waals surface area (Å²) in [6.07, 6.45) is -0.148. The molecule has 7 nitrogen and oxygen atoms in total. The number of morpholine rings is 1. The van der Waals surface area contributed by atoms with Crippen LogP contribution in [0.4, 0.5) is 5.69 Å². The maximum atomic E-state index is 10.9. The van der Waals surface area contributed by atoms with Crippen molar-refractivity contribution in [2.24, 2.45) is 0 Å². The van der Waals surface area contributed by atoms with Crippen LogP contribution in [-0.2, 0) is 4.74 Å². The van der Waals surface area contributed by atoms with Crippen LogP contribution in [0.15, 0.2) is 34.9 Å². The predicted molar refractivity (Wildman–Crippen MR) is 83.4 cm³/mol. The Morgan fingerprint density at radius 2 is 2.23 bits per heavy atom. The van der Waals surface area contributed by atoms with Gasteiger partial charge in [0.2, 0.25) is 0 Å². The van der Waals surface area contributed by atoms with Gasteiger partial charge in [-0.1, -0.05) is 12.1 Å². The molecule has 1 fully saturated rings. The van der Waals surface area contributed by atoms with Crippen molar-refractivity contribution in [3.8, 4) is 11.4 Å². The number of nitrogens with zero attached hydrogens (tertiary/aromatic N) is 3. The van der Waals surface area contributed by atoms with Gasteiger partial charge in [-0.05, 0) is 22.0 Å². The topological polar surface area (TPSA) is 90.2 Å². The number of nitro groups is 1. The third kappa shape index (κ3) is 3.29. The minimum atomic E-state index is -0.434. The normalized spacial score (nSPS) is 18.1. The van der Waals surface area contributed by atoms with Crippen molar-refractivity contribution in [3.63, 3.8) is 0 Å². The number of nitro benzene ring substituents is 1. The van der Waals surface area contributed by atoms with E-state index in [1.54, 1.807) is 18.2 Å². The van der Waals surface area contributed by atoms with E-state index in [1.807, 2.05) is 0 Å². The van der Waals surface area contributed by atoms with Gasteiger partial charge in [-0.25, -0.2) is 9.97 Å². The average molecular weight is 365 g/mol. The summed E-state index contributed by atoms with van der Waals surface area (Å²) < 4.78 is 6.31. The van der Waals surface area contributed by atoms with E-state index < -0.39 is 4.92 Å². The number of rotatable bonds is 3. The first-order valence-electron chi connectivity index (χ1n) is 6.75. The van der Waals surface area contributed by atoms with Crippen molar-refractivity contribution < 1.29 is 9.66 Å². The molecule has 1 aromatic heterocycles. The first kappa shape index (κ1) is 15.0. The van der Waals surface area contributed by atoms with Gasteiger partial charge in [0, 0.05) is 30.8 Å². The van der Waals surface area contributed by atoms with Crippen LogP contribution in [0.5, 0.6) is 0 Å². The van der Waals surface area contributed by atoms with E-state index in [0.717, 1.165) is 12.2 Å². The van der Waals surface area contributed by atoms with Crippen LogP contribution in [0, 0.1) is 10.1 Å². The molecule has 1 N–H and O–H groups in total. The van der Waals surface area contributed by atoms with E-state index in [-0.39, 0.29) is 11.8 Å². The van der Waals surface area contributed by atoms with Crippen molar-refractivity contribution in [3.05, 3.63) is 50.7 Å². The largest absolute Gasteiger partial charge is 0.369 e. The van der Waals surface area contributed by atoms with Crippen LogP contribution < -0.4 is 5.32 Å². The van der Waals surface area contributed by atoms with Crippen molar-refractivity contribution in [2.75, 3.05) is 19.7 Å². The maximum Gasteiger partial charge on any atom is 0.270 e. The second kappa shape index (κ2) is 6.47. The second-order valence-electron chi connectivity index (χ2n) is 4.81. The summed E-state index contributed by atoms with van der Waals surface area (Å²) in [5.41, 5.74) is 1.36. The molecular formula is C14H13BrN4O3. The molecule has 1 aliphatic rings. The molecule has 3 rings (SSSR count). The molecule has 1 atom stereocenters. The number of ether oxygens (including phenoxy) is 1. The Kier molecular flexibility index (Phi) is 4.41. The molecule has 1 unspecified atom stereocenters. The van der Waals surface area contributed by atoms with Crippen LogP contribution in [0.3, 0.4) is 0 Å². The fraction of sp³-hybridized carbons (Fsp3) is 0.286. The van der Waals surface area contributed by atoms with Crippen molar-refractivity contribution in [1.29, 1.82) is 0 Å². The number of hydrogen-bond donors (Lipinski definition) is 1. The van der Waals surface area contributed by atoms with Gasteiger partial charge in [-0.3, -0.25) is 10.1 Å². The fourth-order valence-electron chi connectivity index (χ4n) is 2.24. The predicted octanol–water partition coefficient (Wildman–Crippen LogP) is 2.48. The van der Waals surface area contributed by atoms with Crippen LogP contribution in [0.2, 0.25) is 0 Å². The third-order valence-electron chi connectivity index (χ3n) is 3.29. The Morgan fingerprint density at radius 3 is 2.95 bits per heavy atom. The number of hydrogen-bond acceptors (Lipinski definition) is 6. The zero-order chi connectivity index (χ0) is 15.5. The van der Waals surface area contributed by atoms with Gasteiger partial charge in [-0.2, -0.15) is 0 Å². The Morgan fingerprint density at radius 1 is 1.36 bits per heavy atom. The number of halogens is 1. The summed E-state index contributed by atoms with van der Waals surface area (Å²) in [5, 5.41) is 14.1. The number of non-ortho nitro benzene ring substituents is 1. The van der Waals surface area contributed by atoms with Crippen LogP contribution >= 0.6 is 15.9 Å². The summed E-state index contributed by atoms with van der Waals surface area (Å²) >= 11 is 3.36. The third-order valence-corrected chi connectivity index (χ3v) is 3.69. The summed E-state index contributed by atoms with van der Waals surface area (Å²) in [7, 11) is 0. The molecule has 0 spiro atoms. The van der Waals surface area contributed by atoms with Gasteiger partial charge in [-0.15, -0.1) is 0 Å². The highest BCUT2D eigenvalue weighted by Gasteiger charge is 2.19. The van der Waals surface area contributed by atoms with Crippen LogP contribution in [0.1, 0.15) is 11.8 Å². The van der Waals surface area contributed by atoms with Gasteiger partial charge in [0.15, 0.2) is 5.82 Å². The standard InChI is InChI=1S/C14H13BrN4O3/c15-13-7-11(12-8-16-4-5-22-12)17-14(18-13)9-2-1-3-10(6-9)19(20)21/h1-3,6-7,12,16H,4-5,8H2. The lowest BCUT2D eigenvalue weighted by atomic mass is 10.1. The smallest absolute Gasteiger partial charge is 0.270 e. The van der Waals surface area contributed by atoms with Gasteiger partial charge in [0.1, 0.15) is 10.7 Å². The lowest BCUT2D eigenvalue weighted by molar-refractivity contribution is -0.384. The monoisotopic (exact) mass is 364 g/mol. The zero-order valence-corrected chi connectivity index (χ0v) is 13.1. The molecule has 0 bridgehead atoms. The van der Waals surface area contributed by atoms with Gasteiger partial charge in [0.05, 0.1) is 17.2 Å². The number of nitrogens with one attached hydrogen (secondary N) is 1. The maximum absolute atomic E-state index is 10.9. The Labute approximate surface area is 135 Å². The summed E-state index contributed by atoms with van der Waals surface area (Å²) in [5.74, 6) is 0.433. The van der Waals surface area contributed by atoms with Gasteiger partial charge >= 0.3 is 0 Å². The molecule has 0 aliphatic carbocycles. The SMILES string of the molecule is O=[N+]([O-])c1cccc(-c2nc(Br)cc(C3CNCCO3)n2)c1. The molecule has 8 heteroatoms. The molecule has 0 saturated carbocycles. The van der Waals surface area contributed by atoms with Crippen molar-refractivity contribution in [1.82, 2.24) is 15.3 Å². The summed E-state index contributed by atoms with van der Waals surface area (Å²) in [6.45, 7) is 2.12. The van der Waals surface area contributed by atoms with Crippen molar-refractivity contribution in [2.45, 2.75) is 6.10 Å². The highest BCUT2D eigenvalue weighted by molar-refractivity contribution is 9.10. The summed E-state index contributed by atoms with van der Waals surface area (Å²) in [4.78, 5) is 19.3. The fourth-order valence-corrected chi connectivity index (χ4v) is 2.65. The Balaban J connectivity index is 1.98. The molecule has 1 aliphatic heterocycles. The number of benzene rings is 1. The van der Waals surface area contributed by atoms with Gasteiger partial charge in [0.25, 0.3) is 5.69 Å². The average Bonchev–Trinajstić information content (AvgIpc) is 2.55. The van der Waals surface area contributed by atoms with E-state index in [1.165, 1.54) is 12.1 Å². The molecule has 0 radical (unpaired) electrons. The molecular weight excluding hydrogens is 352 g/mol. The second-order valence-corrected chi connectivity index (χ2v) is 5.62.